The number of halogens is 3. The fourth-order valence-electron chi connectivity index (χ4n) is 6.64. The summed E-state index contributed by atoms with van der Waals surface area (Å²) < 4.78 is 63.0. The molecule has 13 nitrogen and oxygen atoms in total. The number of likely N-dealkylation sites (N-methyl/N-ethyl adjacent to an activating group) is 1. The van der Waals surface area contributed by atoms with Crippen LogP contribution in [0, 0.1) is 0 Å². The first-order chi connectivity index (χ1) is 20.0. The van der Waals surface area contributed by atoms with Gasteiger partial charge in [0.05, 0.1) is 11.0 Å². The summed E-state index contributed by atoms with van der Waals surface area (Å²) in [7, 11) is 1.85. The number of aromatic hydroxyl groups is 1. The highest BCUT2D eigenvalue weighted by atomic mass is 19.4. The largest absolute Gasteiger partial charge is 0.504 e. The van der Waals surface area contributed by atoms with E-state index in [1.165, 1.54) is 12.1 Å². The summed E-state index contributed by atoms with van der Waals surface area (Å²) in [4.78, 5) is 62.7. The molecular formula is C27H26F3NO12. The van der Waals surface area contributed by atoms with E-state index in [-0.39, 0.29) is 29.7 Å². The number of rotatable bonds is 6. The Morgan fingerprint density at radius 1 is 1.07 bits per heavy atom. The fourth-order valence-corrected chi connectivity index (χ4v) is 6.64. The molecule has 2 bridgehead atoms. The molecule has 2 aliphatic heterocycles. The quantitative estimate of drug-likeness (QED) is 0.261. The van der Waals surface area contributed by atoms with Crippen LogP contribution in [0.4, 0.5) is 13.2 Å². The number of aliphatic hydroxyl groups is 1. The van der Waals surface area contributed by atoms with E-state index in [1.54, 1.807) is 6.07 Å². The predicted octanol–water partition coefficient (Wildman–Crippen LogP) is 0.709. The van der Waals surface area contributed by atoms with Crippen LogP contribution in [0.2, 0.25) is 0 Å². The molecule has 0 amide bonds. The minimum Gasteiger partial charge on any atom is -0.504 e. The third-order valence-electron chi connectivity index (χ3n) is 8.32. The van der Waals surface area contributed by atoms with E-state index in [2.05, 4.69) is 9.47 Å². The Morgan fingerprint density at radius 2 is 1.70 bits per heavy atom. The van der Waals surface area contributed by atoms with Crippen molar-refractivity contribution in [1.82, 2.24) is 4.90 Å². The first-order valence-electron chi connectivity index (χ1n) is 13.0. The van der Waals surface area contributed by atoms with Crippen LogP contribution in [-0.4, -0.2) is 94.7 Å². The number of ether oxygens (including phenoxy) is 5. The lowest BCUT2D eigenvalue weighted by Crippen LogP contribution is -2.74. The van der Waals surface area contributed by atoms with Crippen molar-refractivity contribution in [3.05, 3.63) is 35.1 Å². The molecule has 5 rings (SSSR count). The number of nitrogens with zero attached hydrogens (tertiary/aromatic N) is 1. The van der Waals surface area contributed by atoms with Crippen molar-refractivity contribution in [2.24, 2.45) is 0 Å². The van der Waals surface area contributed by atoms with Crippen molar-refractivity contribution in [3.8, 4) is 11.5 Å². The van der Waals surface area contributed by atoms with Crippen molar-refractivity contribution in [1.29, 1.82) is 0 Å². The van der Waals surface area contributed by atoms with Crippen molar-refractivity contribution in [2.45, 2.75) is 74.7 Å². The second kappa shape index (κ2) is 10.2. The maximum atomic E-state index is 13.4. The third kappa shape index (κ3) is 4.68. The summed E-state index contributed by atoms with van der Waals surface area (Å²) in [5.41, 5.74) is -1.30. The molecule has 1 unspecified atom stereocenters. The third-order valence-corrected chi connectivity index (χ3v) is 8.32. The number of carbonyl (C=O) groups excluding carboxylic acids is 5. The summed E-state index contributed by atoms with van der Waals surface area (Å²) in [5.74, 6) is -9.62. The predicted molar refractivity (Wildman–Crippen MR) is 131 cm³/mol. The average molecular weight is 613 g/mol. The van der Waals surface area contributed by atoms with Gasteiger partial charge in [0.2, 0.25) is 12.2 Å². The monoisotopic (exact) mass is 613 g/mol. The Hall–Kier alpha value is -4.18. The SMILES string of the molecule is CC(=O)O[C@H](C(=O)OC(=O)C(F)(F)F)[C@H](OC(C)=O)C(=O)OC1=CC[C@@]2(O)C3Cc4ccc(O)c5c4[C@@]2(CCN3C)[C@H]1O5. The molecule has 16 heteroatoms. The highest BCUT2D eigenvalue weighted by molar-refractivity contribution is 5.95. The van der Waals surface area contributed by atoms with E-state index in [0.717, 1.165) is 19.4 Å². The van der Waals surface area contributed by atoms with Crippen LogP contribution in [0.15, 0.2) is 24.0 Å². The van der Waals surface area contributed by atoms with Crippen molar-refractivity contribution < 1.29 is 71.0 Å². The molecule has 0 aromatic heterocycles. The molecule has 0 radical (unpaired) electrons. The van der Waals surface area contributed by atoms with E-state index >= 15 is 0 Å². The van der Waals surface area contributed by atoms with Crippen molar-refractivity contribution >= 4 is 29.8 Å². The highest BCUT2D eigenvalue weighted by Gasteiger charge is 2.72. The topological polar surface area (TPSA) is 175 Å². The summed E-state index contributed by atoms with van der Waals surface area (Å²) in [6.45, 7) is 2.02. The zero-order valence-corrected chi connectivity index (χ0v) is 22.9. The van der Waals surface area contributed by atoms with E-state index in [0.29, 0.717) is 24.9 Å². The van der Waals surface area contributed by atoms with Crippen LogP contribution in [0.5, 0.6) is 11.5 Å². The van der Waals surface area contributed by atoms with Crippen LogP contribution in [0.1, 0.15) is 37.8 Å². The molecule has 1 aromatic rings. The number of likely N-dealkylation sites (tertiary alicyclic amines) is 1. The molecule has 232 valence electrons. The first-order valence-corrected chi connectivity index (χ1v) is 13.0. The van der Waals surface area contributed by atoms with Gasteiger partial charge < -0.3 is 38.8 Å². The number of benzene rings is 1. The Labute approximate surface area is 241 Å². The number of phenols is 1. The molecule has 1 fully saturated rings. The molecule has 43 heavy (non-hydrogen) atoms. The lowest BCUT2D eigenvalue weighted by molar-refractivity contribution is -0.210. The Balaban J connectivity index is 1.51. The Bertz CT molecular complexity index is 1460. The van der Waals surface area contributed by atoms with Gasteiger partial charge in [-0.2, -0.15) is 13.2 Å². The molecule has 1 spiro atoms. The summed E-state index contributed by atoms with van der Waals surface area (Å²) >= 11 is 0. The van der Waals surface area contributed by atoms with Gasteiger partial charge in [0.1, 0.15) is 5.76 Å². The zero-order valence-electron chi connectivity index (χ0n) is 22.9. The Kier molecular flexibility index (Phi) is 7.20. The van der Waals surface area contributed by atoms with Crippen LogP contribution in [0.3, 0.4) is 0 Å². The van der Waals surface area contributed by atoms with Crippen molar-refractivity contribution in [3.63, 3.8) is 0 Å². The maximum Gasteiger partial charge on any atom is 0.491 e. The van der Waals surface area contributed by atoms with E-state index in [1.807, 2.05) is 11.9 Å². The van der Waals surface area contributed by atoms with E-state index < -0.39 is 65.4 Å². The normalized spacial score (nSPS) is 28.3. The van der Waals surface area contributed by atoms with Gasteiger partial charge in [0.15, 0.2) is 17.6 Å². The van der Waals surface area contributed by atoms with Crippen molar-refractivity contribution in [2.75, 3.05) is 13.6 Å². The zero-order chi connectivity index (χ0) is 31.6. The number of hydrogen-bond acceptors (Lipinski definition) is 13. The molecule has 0 saturated carbocycles. The molecule has 4 aliphatic rings. The molecule has 2 heterocycles. The minimum atomic E-state index is -5.62. The lowest BCUT2D eigenvalue weighted by atomic mass is 9.50. The smallest absolute Gasteiger partial charge is 0.491 e. The van der Waals surface area contributed by atoms with Gasteiger partial charge in [-0.1, -0.05) is 6.07 Å². The van der Waals surface area contributed by atoms with Crippen LogP contribution in [0.25, 0.3) is 0 Å². The van der Waals surface area contributed by atoms with Gasteiger partial charge in [-0.05, 0) is 44.1 Å². The summed E-state index contributed by atoms with van der Waals surface area (Å²) in [6.07, 6.45) is -9.99. The second-order valence-electron chi connectivity index (χ2n) is 10.8. The number of hydrogen-bond donors (Lipinski definition) is 2. The Morgan fingerprint density at radius 3 is 2.30 bits per heavy atom. The molecule has 6 atom stereocenters. The van der Waals surface area contributed by atoms with Crippen LogP contribution < -0.4 is 4.74 Å². The van der Waals surface area contributed by atoms with Crippen LogP contribution in [-0.2, 0) is 54.8 Å². The standard InChI is InChI=1S/C27H26F3NO12/c1-11(32)39-19(20(40-12(2)33)23(36)43-24(37)27(28,29)30)22(35)41-15-6-7-26(38)16-10-13-4-5-14(34)18-17(13)25(26,21(15)42-18)8-9-31(16)3/h4-6,16,19-21,34,38H,7-10H2,1-3H3/t16?,19-,20-,21-,25-,26+/m0/s1. The minimum absolute atomic E-state index is 0.0627. The summed E-state index contributed by atoms with van der Waals surface area (Å²) in [5, 5.41) is 22.8. The lowest BCUT2D eigenvalue weighted by Gasteiger charge is -2.61. The average Bonchev–Trinajstić information content (AvgIpc) is 3.26. The number of esters is 5. The van der Waals surface area contributed by atoms with Gasteiger partial charge in [0, 0.05) is 31.9 Å². The number of alkyl halides is 3. The van der Waals surface area contributed by atoms with E-state index in [9.17, 15) is 47.4 Å². The van der Waals surface area contributed by atoms with Gasteiger partial charge in [-0.3, -0.25) is 9.59 Å². The van der Waals surface area contributed by atoms with Gasteiger partial charge in [-0.15, -0.1) is 0 Å². The highest BCUT2D eigenvalue weighted by Crippen LogP contribution is 2.65. The van der Waals surface area contributed by atoms with Gasteiger partial charge in [-0.25, -0.2) is 14.4 Å². The number of phenolic OH excluding ortho intramolecular Hbond substituents is 1. The molecule has 2 aliphatic carbocycles. The summed E-state index contributed by atoms with van der Waals surface area (Å²) in [6, 6.07) is 2.77. The molecule has 1 aromatic carbocycles. The van der Waals surface area contributed by atoms with Gasteiger partial charge in [0.25, 0.3) is 0 Å². The number of carbonyl (C=O) groups is 5. The number of piperidine rings is 1. The molecule has 2 N–H and O–H groups in total. The maximum absolute atomic E-state index is 13.4. The molecule has 1 saturated heterocycles. The molecular weight excluding hydrogens is 587 g/mol. The van der Waals surface area contributed by atoms with Gasteiger partial charge >= 0.3 is 36.0 Å². The second-order valence-corrected chi connectivity index (χ2v) is 10.8. The first kappa shape index (κ1) is 30.3. The van der Waals surface area contributed by atoms with E-state index in [4.69, 9.17) is 14.2 Å². The fraction of sp³-hybridized carbons (Fsp3) is 0.519. The van der Waals surface area contributed by atoms with Crippen LogP contribution >= 0.6 is 0 Å².